The number of aryl methyl sites for hydroxylation is 1. The largest absolute Gasteiger partial charge is 0.321 e. The Morgan fingerprint density at radius 2 is 2.18 bits per heavy atom. The number of fused-ring (bicyclic) bond motifs is 1. The van der Waals surface area contributed by atoms with Crippen LogP contribution in [0, 0.1) is 0 Å². The molecule has 0 fully saturated rings. The summed E-state index contributed by atoms with van der Waals surface area (Å²) in [5.74, 6) is 0.0156. The SMILES string of the molecule is CCC(=O)N1CCCc2ccc(NC(=O)c3cccs3)cc21. The summed E-state index contributed by atoms with van der Waals surface area (Å²) in [6.07, 6.45) is 2.45. The molecule has 1 N–H and O–H groups in total. The predicted octanol–water partition coefficient (Wildman–Crippen LogP) is 3.69. The first kappa shape index (κ1) is 14.8. The third-order valence-corrected chi connectivity index (χ3v) is 4.68. The van der Waals surface area contributed by atoms with Gasteiger partial charge in [0.2, 0.25) is 5.91 Å². The Morgan fingerprint density at radius 3 is 2.91 bits per heavy atom. The van der Waals surface area contributed by atoms with Gasteiger partial charge in [0.05, 0.1) is 4.88 Å². The van der Waals surface area contributed by atoms with E-state index >= 15 is 0 Å². The molecule has 0 unspecified atom stereocenters. The molecular weight excluding hydrogens is 296 g/mol. The highest BCUT2D eigenvalue weighted by Gasteiger charge is 2.22. The molecule has 0 aliphatic carbocycles. The number of thiophene rings is 1. The third kappa shape index (κ3) is 2.90. The van der Waals surface area contributed by atoms with Crippen LogP contribution in [0.2, 0.25) is 0 Å². The van der Waals surface area contributed by atoms with Crippen LogP contribution in [0.15, 0.2) is 35.7 Å². The van der Waals surface area contributed by atoms with Gasteiger partial charge in [-0.2, -0.15) is 0 Å². The van der Waals surface area contributed by atoms with Gasteiger partial charge in [0.25, 0.3) is 5.91 Å². The van der Waals surface area contributed by atoms with Crippen molar-refractivity contribution >= 4 is 34.5 Å². The number of nitrogens with one attached hydrogen (secondary N) is 1. The third-order valence-electron chi connectivity index (χ3n) is 3.81. The van der Waals surface area contributed by atoms with E-state index in [0.29, 0.717) is 11.3 Å². The summed E-state index contributed by atoms with van der Waals surface area (Å²) in [4.78, 5) is 26.7. The second-order valence-electron chi connectivity index (χ2n) is 5.28. The number of nitrogens with zero attached hydrogens (tertiary/aromatic N) is 1. The van der Waals surface area contributed by atoms with Crippen LogP contribution in [0.1, 0.15) is 35.0 Å². The van der Waals surface area contributed by atoms with Crippen molar-refractivity contribution < 1.29 is 9.59 Å². The molecule has 2 amide bonds. The van der Waals surface area contributed by atoms with Crippen molar-refractivity contribution in [2.45, 2.75) is 26.2 Å². The van der Waals surface area contributed by atoms with Crippen molar-refractivity contribution in [2.75, 3.05) is 16.8 Å². The molecule has 0 radical (unpaired) electrons. The van der Waals surface area contributed by atoms with Gasteiger partial charge in [0, 0.05) is 24.3 Å². The average molecular weight is 314 g/mol. The van der Waals surface area contributed by atoms with Gasteiger partial charge in [-0.1, -0.05) is 19.1 Å². The molecule has 3 rings (SSSR count). The average Bonchev–Trinajstić information content (AvgIpc) is 3.08. The Hall–Kier alpha value is -2.14. The molecule has 1 aromatic heterocycles. The van der Waals surface area contributed by atoms with E-state index in [0.717, 1.165) is 30.8 Å². The molecule has 0 saturated carbocycles. The number of hydrogen-bond acceptors (Lipinski definition) is 3. The van der Waals surface area contributed by atoms with Crippen LogP contribution < -0.4 is 10.2 Å². The van der Waals surface area contributed by atoms with Crippen LogP contribution in [0.25, 0.3) is 0 Å². The molecule has 0 spiro atoms. The van der Waals surface area contributed by atoms with E-state index in [1.807, 2.05) is 41.5 Å². The molecule has 1 aliphatic rings. The summed E-state index contributed by atoms with van der Waals surface area (Å²) in [7, 11) is 0. The lowest BCUT2D eigenvalue weighted by Crippen LogP contribution is -2.35. The Kier molecular flexibility index (Phi) is 4.24. The van der Waals surface area contributed by atoms with Gasteiger partial charge in [-0.15, -0.1) is 11.3 Å². The zero-order valence-electron chi connectivity index (χ0n) is 12.5. The lowest BCUT2D eigenvalue weighted by Gasteiger charge is -2.29. The maximum absolute atomic E-state index is 12.1. The summed E-state index contributed by atoms with van der Waals surface area (Å²) < 4.78 is 0. The lowest BCUT2D eigenvalue weighted by atomic mass is 10.0. The highest BCUT2D eigenvalue weighted by atomic mass is 32.1. The van der Waals surface area contributed by atoms with Crippen LogP contribution in [0.3, 0.4) is 0 Å². The van der Waals surface area contributed by atoms with E-state index in [1.165, 1.54) is 16.9 Å². The Balaban J connectivity index is 1.86. The normalized spacial score (nSPS) is 13.6. The standard InChI is InChI=1S/C17H18N2O2S/c1-2-16(20)19-9-3-5-12-7-8-13(11-14(12)19)18-17(21)15-6-4-10-22-15/h4,6-8,10-11H,2-3,5,9H2,1H3,(H,18,21). The van der Waals surface area contributed by atoms with Crippen molar-refractivity contribution in [1.29, 1.82) is 0 Å². The molecule has 0 bridgehead atoms. The molecule has 1 aromatic carbocycles. The van der Waals surface area contributed by atoms with E-state index in [-0.39, 0.29) is 11.8 Å². The monoisotopic (exact) mass is 314 g/mol. The molecule has 0 atom stereocenters. The zero-order valence-corrected chi connectivity index (χ0v) is 13.3. The van der Waals surface area contributed by atoms with Crippen molar-refractivity contribution in [1.82, 2.24) is 0 Å². The van der Waals surface area contributed by atoms with Crippen LogP contribution in [0.4, 0.5) is 11.4 Å². The van der Waals surface area contributed by atoms with Crippen molar-refractivity contribution in [3.05, 3.63) is 46.2 Å². The van der Waals surface area contributed by atoms with Gasteiger partial charge >= 0.3 is 0 Å². The summed E-state index contributed by atoms with van der Waals surface area (Å²) in [5, 5.41) is 4.78. The van der Waals surface area contributed by atoms with Gasteiger partial charge < -0.3 is 10.2 Å². The quantitative estimate of drug-likeness (QED) is 0.939. The highest BCUT2D eigenvalue weighted by Crippen LogP contribution is 2.30. The number of rotatable bonds is 3. The molecule has 114 valence electrons. The van der Waals surface area contributed by atoms with Crippen molar-refractivity contribution in [3.63, 3.8) is 0 Å². The van der Waals surface area contributed by atoms with Gasteiger partial charge in [-0.05, 0) is 42.0 Å². The molecule has 4 nitrogen and oxygen atoms in total. The minimum atomic E-state index is -0.112. The van der Waals surface area contributed by atoms with Crippen LogP contribution >= 0.6 is 11.3 Å². The van der Waals surface area contributed by atoms with E-state index in [1.54, 1.807) is 6.07 Å². The zero-order chi connectivity index (χ0) is 15.5. The molecular formula is C17H18N2O2S. The van der Waals surface area contributed by atoms with Crippen LogP contribution in [0.5, 0.6) is 0 Å². The fourth-order valence-corrected chi connectivity index (χ4v) is 3.32. The minimum absolute atomic E-state index is 0.112. The van der Waals surface area contributed by atoms with Crippen LogP contribution in [-0.2, 0) is 11.2 Å². The number of benzene rings is 1. The van der Waals surface area contributed by atoms with E-state index < -0.39 is 0 Å². The fraction of sp³-hybridized carbons (Fsp3) is 0.294. The summed E-state index contributed by atoms with van der Waals surface area (Å²) >= 11 is 1.41. The smallest absolute Gasteiger partial charge is 0.265 e. The number of anilines is 2. The fourth-order valence-electron chi connectivity index (χ4n) is 2.70. The maximum atomic E-state index is 12.1. The molecule has 0 saturated heterocycles. The van der Waals surface area contributed by atoms with E-state index in [2.05, 4.69) is 5.32 Å². The van der Waals surface area contributed by atoms with Crippen molar-refractivity contribution in [3.8, 4) is 0 Å². The molecule has 1 aliphatic heterocycles. The number of carbonyl (C=O) groups excluding carboxylic acids is 2. The first-order valence-electron chi connectivity index (χ1n) is 7.47. The molecule has 22 heavy (non-hydrogen) atoms. The van der Waals surface area contributed by atoms with Crippen LogP contribution in [-0.4, -0.2) is 18.4 Å². The second kappa shape index (κ2) is 6.32. The lowest BCUT2D eigenvalue weighted by molar-refractivity contribution is -0.118. The number of carbonyl (C=O) groups is 2. The maximum Gasteiger partial charge on any atom is 0.265 e. The molecule has 5 heteroatoms. The van der Waals surface area contributed by atoms with Gasteiger partial charge in [0.1, 0.15) is 0 Å². The van der Waals surface area contributed by atoms with Crippen molar-refractivity contribution in [2.24, 2.45) is 0 Å². The summed E-state index contributed by atoms with van der Waals surface area (Å²) in [6, 6.07) is 9.48. The summed E-state index contributed by atoms with van der Waals surface area (Å²) in [5.41, 5.74) is 2.83. The first-order chi connectivity index (χ1) is 10.7. The molecule has 2 aromatic rings. The topological polar surface area (TPSA) is 49.4 Å². The Labute approximate surface area is 133 Å². The van der Waals surface area contributed by atoms with Gasteiger partial charge in [-0.3, -0.25) is 9.59 Å². The first-order valence-corrected chi connectivity index (χ1v) is 8.35. The second-order valence-corrected chi connectivity index (χ2v) is 6.23. The number of hydrogen-bond donors (Lipinski definition) is 1. The van der Waals surface area contributed by atoms with E-state index in [4.69, 9.17) is 0 Å². The number of amides is 2. The van der Waals surface area contributed by atoms with Gasteiger partial charge in [-0.25, -0.2) is 0 Å². The van der Waals surface area contributed by atoms with Gasteiger partial charge in [0.15, 0.2) is 0 Å². The summed E-state index contributed by atoms with van der Waals surface area (Å²) in [6.45, 7) is 2.63. The molecule has 2 heterocycles. The predicted molar refractivity (Wildman–Crippen MR) is 89.7 cm³/mol. The minimum Gasteiger partial charge on any atom is -0.321 e. The Morgan fingerprint density at radius 1 is 1.32 bits per heavy atom. The van der Waals surface area contributed by atoms with E-state index in [9.17, 15) is 9.59 Å². The highest BCUT2D eigenvalue weighted by molar-refractivity contribution is 7.12. The Bertz CT molecular complexity index is 695.